The van der Waals surface area contributed by atoms with Crippen LogP contribution in [0, 0.1) is 0 Å². The maximum atomic E-state index is 6.91. The minimum absolute atomic E-state index is 0.865. The molecule has 3 aromatic heterocycles. The number of hydrogen-bond donors (Lipinski definition) is 0. The van der Waals surface area contributed by atoms with Crippen molar-refractivity contribution in [1.29, 1.82) is 0 Å². The topological polar surface area (TPSA) is 34.5 Å². The lowest BCUT2D eigenvalue weighted by molar-refractivity contribution is 0.669. The minimum Gasteiger partial charge on any atom is -0.456 e. The molecule has 0 saturated carbocycles. The lowest BCUT2D eigenvalue weighted by Crippen LogP contribution is -2.11. The van der Waals surface area contributed by atoms with Gasteiger partial charge in [0.25, 0.3) is 0 Å². The van der Waals surface area contributed by atoms with Crippen LogP contribution < -0.4 is 4.90 Å². The van der Waals surface area contributed by atoms with E-state index in [9.17, 15) is 0 Å². The Morgan fingerprint density at radius 3 is 1.84 bits per heavy atom. The van der Waals surface area contributed by atoms with Crippen molar-refractivity contribution in [3.05, 3.63) is 194 Å². The molecule has 0 atom stereocenters. The van der Waals surface area contributed by atoms with Crippen molar-refractivity contribution >= 4 is 93.5 Å². The van der Waals surface area contributed by atoms with Gasteiger partial charge >= 0.3 is 0 Å². The predicted octanol–water partition coefficient (Wildman–Crippen LogP) is 14.9. The van der Waals surface area contributed by atoms with Crippen LogP contribution in [0.25, 0.3) is 93.3 Å². The quantitative estimate of drug-likeness (QED) is 0.178. The molecule has 0 spiro atoms. The van der Waals surface area contributed by atoms with E-state index in [-0.39, 0.29) is 0 Å². The van der Waals surface area contributed by atoms with Crippen molar-refractivity contribution in [2.24, 2.45) is 0 Å². The zero-order chi connectivity index (χ0) is 36.7. The molecule has 0 aliphatic rings. The van der Waals surface area contributed by atoms with Gasteiger partial charge in [0.05, 0.1) is 16.7 Å². The highest BCUT2D eigenvalue weighted by Gasteiger charge is 2.23. The Morgan fingerprint density at radius 2 is 0.982 bits per heavy atom. The van der Waals surface area contributed by atoms with E-state index < -0.39 is 0 Å². The first-order valence-electron chi connectivity index (χ1n) is 19.0. The zero-order valence-electron chi connectivity index (χ0n) is 30.2. The summed E-state index contributed by atoms with van der Waals surface area (Å²) in [5.74, 6) is 0. The summed E-state index contributed by atoms with van der Waals surface area (Å²) in [6.07, 6.45) is 0. The van der Waals surface area contributed by atoms with Crippen LogP contribution in [0.5, 0.6) is 0 Å². The second kappa shape index (κ2) is 12.0. The van der Waals surface area contributed by atoms with Crippen LogP contribution in [0.3, 0.4) is 0 Å². The first-order chi connectivity index (χ1) is 27.8. The Balaban J connectivity index is 1.18. The average molecular weight is 717 g/mol. The van der Waals surface area contributed by atoms with Crippen LogP contribution in [0.1, 0.15) is 0 Å². The molecular weight excluding hydrogens is 685 g/mol. The molecule has 0 aliphatic carbocycles. The third-order valence-electron chi connectivity index (χ3n) is 11.4. The standard InChI is InChI=1S/C52H32N2O2/c1-3-14-33(15-4-1)37-22-13-23-43-45-32-48(39-19-7-8-21-42(39)52(45)56-51(37)43)53(35-27-29-50-44(30-35)41-20-10-12-25-49(41)55-50)36-26-28-40-38-18-9-11-24-46(38)54(47(40)31-36)34-16-5-2-6-17-34/h1-32H. The van der Waals surface area contributed by atoms with Gasteiger partial charge < -0.3 is 18.3 Å². The van der Waals surface area contributed by atoms with E-state index in [0.29, 0.717) is 0 Å². The second-order valence-electron chi connectivity index (χ2n) is 14.5. The van der Waals surface area contributed by atoms with Crippen LogP contribution in [0.4, 0.5) is 17.1 Å². The van der Waals surface area contributed by atoms with Gasteiger partial charge in [0.2, 0.25) is 0 Å². The molecule has 12 rings (SSSR count). The smallest absolute Gasteiger partial charge is 0.143 e. The third-order valence-corrected chi connectivity index (χ3v) is 11.4. The summed E-state index contributed by atoms with van der Waals surface area (Å²) in [7, 11) is 0. The van der Waals surface area contributed by atoms with Gasteiger partial charge in [-0.25, -0.2) is 0 Å². The summed E-state index contributed by atoms with van der Waals surface area (Å²) in [5, 5.41) is 8.93. The molecule has 262 valence electrons. The Morgan fingerprint density at radius 1 is 0.357 bits per heavy atom. The average Bonchev–Trinajstić information content (AvgIpc) is 3.94. The van der Waals surface area contributed by atoms with Crippen molar-refractivity contribution in [1.82, 2.24) is 4.57 Å². The van der Waals surface area contributed by atoms with E-state index in [4.69, 9.17) is 8.83 Å². The Kier molecular flexibility index (Phi) is 6.60. The summed E-state index contributed by atoms with van der Waals surface area (Å²) in [6.45, 7) is 0. The van der Waals surface area contributed by atoms with E-state index in [1.54, 1.807) is 0 Å². The molecule has 0 amide bonds. The third kappa shape index (κ3) is 4.53. The van der Waals surface area contributed by atoms with Crippen LogP contribution in [0.15, 0.2) is 203 Å². The van der Waals surface area contributed by atoms with E-state index in [1.165, 1.54) is 16.3 Å². The van der Waals surface area contributed by atoms with Gasteiger partial charge in [-0.15, -0.1) is 0 Å². The van der Waals surface area contributed by atoms with E-state index >= 15 is 0 Å². The van der Waals surface area contributed by atoms with Crippen molar-refractivity contribution in [3.8, 4) is 16.8 Å². The van der Waals surface area contributed by atoms with Crippen molar-refractivity contribution in [2.75, 3.05) is 4.90 Å². The molecule has 0 radical (unpaired) electrons. The minimum atomic E-state index is 0.865. The van der Waals surface area contributed by atoms with E-state index in [2.05, 4.69) is 191 Å². The fraction of sp³-hybridized carbons (Fsp3) is 0. The summed E-state index contributed by atoms with van der Waals surface area (Å²) in [4.78, 5) is 2.41. The van der Waals surface area contributed by atoms with Crippen molar-refractivity contribution < 1.29 is 8.83 Å². The number of anilines is 3. The highest BCUT2D eigenvalue weighted by molar-refractivity contribution is 6.21. The Bertz CT molecular complexity index is 3480. The molecule has 3 heterocycles. The number of aromatic nitrogens is 1. The van der Waals surface area contributed by atoms with Crippen LogP contribution in [0.2, 0.25) is 0 Å². The summed E-state index contributed by atoms with van der Waals surface area (Å²) < 4.78 is 15.6. The first-order valence-corrected chi connectivity index (χ1v) is 19.0. The molecule has 4 nitrogen and oxygen atoms in total. The molecule has 0 unspecified atom stereocenters. The number of hydrogen-bond acceptors (Lipinski definition) is 3. The molecule has 0 N–H and O–H groups in total. The van der Waals surface area contributed by atoms with Gasteiger partial charge in [0.1, 0.15) is 22.3 Å². The fourth-order valence-electron chi connectivity index (χ4n) is 8.86. The monoisotopic (exact) mass is 716 g/mol. The summed E-state index contributed by atoms with van der Waals surface area (Å²) >= 11 is 0. The fourth-order valence-corrected chi connectivity index (χ4v) is 8.86. The van der Waals surface area contributed by atoms with Gasteiger partial charge in [-0.3, -0.25) is 0 Å². The summed E-state index contributed by atoms with van der Waals surface area (Å²) in [5.41, 5.74) is 12.3. The Labute approximate surface area is 321 Å². The SMILES string of the molecule is c1ccc(-c2cccc3c2oc2c4ccccc4c(N(c4ccc5oc6ccccc6c5c4)c4ccc5c6ccccc6n(-c6ccccc6)c5c4)cc32)cc1. The molecule has 12 aromatic rings. The maximum Gasteiger partial charge on any atom is 0.143 e. The van der Waals surface area contributed by atoms with Crippen LogP contribution in [-0.4, -0.2) is 4.57 Å². The number of furan rings is 2. The first kappa shape index (κ1) is 30.9. The molecule has 0 saturated heterocycles. The number of para-hydroxylation sites is 4. The van der Waals surface area contributed by atoms with Crippen molar-refractivity contribution in [3.63, 3.8) is 0 Å². The molecule has 0 bridgehead atoms. The Hall–Kier alpha value is -7.56. The van der Waals surface area contributed by atoms with Gasteiger partial charge in [0.15, 0.2) is 0 Å². The van der Waals surface area contributed by atoms with E-state index in [0.717, 1.165) is 94.0 Å². The number of benzene rings is 9. The second-order valence-corrected chi connectivity index (χ2v) is 14.5. The molecule has 9 aromatic carbocycles. The predicted molar refractivity (Wildman–Crippen MR) is 233 cm³/mol. The molecule has 4 heteroatoms. The number of nitrogens with zero attached hydrogens (tertiary/aromatic N) is 2. The van der Waals surface area contributed by atoms with Gasteiger partial charge in [-0.1, -0.05) is 133 Å². The van der Waals surface area contributed by atoms with Crippen LogP contribution >= 0.6 is 0 Å². The number of rotatable bonds is 5. The molecule has 56 heavy (non-hydrogen) atoms. The molecule has 0 fully saturated rings. The van der Waals surface area contributed by atoms with Gasteiger partial charge in [0, 0.05) is 65.7 Å². The summed E-state index contributed by atoms with van der Waals surface area (Å²) in [6, 6.07) is 69.0. The van der Waals surface area contributed by atoms with Gasteiger partial charge in [-0.05, 0) is 66.2 Å². The lowest BCUT2D eigenvalue weighted by atomic mass is 9.99. The van der Waals surface area contributed by atoms with Crippen molar-refractivity contribution in [2.45, 2.75) is 0 Å². The zero-order valence-corrected chi connectivity index (χ0v) is 30.2. The van der Waals surface area contributed by atoms with Crippen LogP contribution in [-0.2, 0) is 0 Å². The molecular formula is C52H32N2O2. The highest BCUT2D eigenvalue weighted by atomic mass is 16.3. The molecule has 0 aliphatic heterocycles. The van der Waals surface area contributed by atoms with Gasteiger partial charge in [-0.2, -0.15) is 0 Å². The van der Waals surface area contributed by atoms with E-state index in [1.807, 2.05) is 12.1 Å². The number of fused-ring (bicyclic) bond motifs is 11. The largest absolute Gasteiger partial charge is 0.456 e. The highest BCUT2D eigenvalue weighted by Crippen LogP contribution is 2.47. The lowest BCUT2D eigenvalue weighted by Gasteiger charge is -2.27. The normalized spacial score (nSPS) is 11.9. The maximum absolute atomic E-state index is 6.91.